The van der Waals surface area contributed by atoms with Gasteiger partial charge >= 0.3 is 0 Å². The number of nitrogens with one attached hydrogen (secondary N) is 1. The van der Waals surface area contributed by atoms with E-state index in [-0.39, 0.29) is 18.2 Å². The maximum atomic E-state index is 9.95. The molecule has 1 aliphatic rings. The van der Waals surface area contributed by atoms with Crippen LogP contribution in [0.25, 0.3) is 0 Å². The van der Waals surface area contributed by atoms with Crippen molar-refractivity contribution in [3.8, 4) is 11.5 Å². The normalized spacial score (nSPS) is 19.6. The van der Waals surface area contributed by atoms with E-state index in [0.717, 1.165) is 25.2 Å². The van der Waals surface area contributed by atoms with Crippen molar-refractivity contribution in [1.29, 1.82) is 0 Å². The molecule has 1 fully saturated rings. The minimum atomic E-state index is -0.550. The maximum absolute atomic E-state index is 9.95. The minimum Gasteiger partial charge on any atom is -0.491 e. The largest absolute Gasteiger partial charge is 0.491 e. The first-order valence-corrected chi connectivity index (χ1v) is 8.33. The number of aliphatic hydroxyl groups is 1. The van der Waals surface area contributed by atoms with E-state index in [0.29, 0.717) is 18.9 Å². The third kappa shape index (κ3) is 7.20. The third-order valence-electron chi connectivity index (χ3n) is 3.58. The second kappa shape index (κ2) is 8.52. The number of rotatable bonds is 8. The van der Waals surface area contributed by atoms with Crippen molar-refractivity contribution < 1.29 is 19.3 Å². The molecule has 0 saturated carbocycles. The van der Waals surface area contributed by atoms with Gasteiger partial charge in [-0.25, -0.2) is 0 Å². The van der Waals surface area contributed by atoms with Gasteiger partial charge in [0.25, 0.3) is 0 Å². The van der Waals surface area contributed by atoms with E-state index >= 15 is 0 Å². The molecule has 0 aliphatic carbocycles. The summed E-state index contributed by atoms with van der Waals surface area (Å²) in [5, 5.41) is 13.2. The van der Waals surface area contributed by atoms with E-state index in [1.54, 1.807) is 0 Å². The van der Waals surface area contributed by atoms with E-state index in [1.807, 2.05) is 24.3 Å². The summed E-state index contributed by atoms with van der Waals surface area (Å²) in [5.74, 6) is 1.46. The minimum absolute atomic E-state index is 0.0168. The van der Waals surface area contributed by atoms with E-state index < -0.39 is 6.10 Å². The van der Waals surface area contributed by atoms with Gasteiger partial charge in [0.15, 0.2) is 0 Å². The van der Waals surface area contributed by atoms with Gasteiger partial charge in [-0.15, -0.1) is 0 Å². The Morgan fingerprint density at radius 1 is 1.30 bits per heavy atom. The summed E-state index contributed by atoms with van der Waals surface area (Å²) in [4.78, 5) is 0. The SMILES string of the molecule is CC(C)(C)NC[C@H](O)COc1cccc(OC[C@@H]2CCCO2)c1. The molecule has 5 heteroatoms. The molecule has 1 heterocycles. The third-order valence-corrected chi connectivity index (χ3v) is 3.58. The first-order valence-electron chi connectivity index (χ1n) is 8.33. The molecule has 130 valence electrons. The Morgan fingerprint density at radius 3 is 2.70 bits per heavy atom. The summed E-state index contributed by atoms with van der Waals surface area (Å²) in [6.07, 6.45) is 1.82. The standard InChI is InChI=1S/C18H29NO4/c1-18(2,3)19-11-14(20)12-22-15-6-4-7-16(10-15)23-13-17-8-5-9-21-17/h4,6-7,10,14,17,19-20H,5,8-9,11-13H2,1-3H3/t14-,17-/m0/s1. The summed E-state index contributed by atoms with van der Waals surface area (Å²) >= 11 is 0. The zero-order chi connectivity index (χ0) is 16.7. The van der Waals surface area contributed by atoms with Crippen LogP contribution in [0.3, 0.4) is 0 Å². The van der Waals surface area contributed by atoms with Crippen LogP contribution in [0.4, 0.5) is 0 Å². The molecule has 23 heavy (non-hydrogen) atoms. The molecule has 2 rings (SSSR count). The number of β-amino-alcohol motifs (C(OH)–C–C–N with tert-alkyl or cyclic N) is 1. The van der Waals surface area contributed by atoms with Crippen LogP contribution in [0.1, 0.15) is 33.6 Å². The molecule has 0 spiro atoms. The molecule has 1 aromatic carbocycles. The molecular formula is C18H29NO4. The monoisotopic (exact) mass is 323 g/mol. The molecule has 1 aliphatic heterocycles. The molecular weight excluding hydrogens is 294 g/mol. The van der Waals surface area contributed by atoms with Gasteiger partial charge in [0, 0.05) is 24.8 Å². The second-order valence-corrected chi connectivity index (χ2v) is 7.02. The number of ether oxygens (including phenoxy) is 3. The van der Waals surface area contributed by atoms with Crippen LogP contribution in [0.2, 0.25) is 0 Å². The predicted molar refractivity (Wildman–Crippen MR) is 90.2 cm³/mol. The lowest BCUT2D eigenvalue weighted by atomic mass is 10.1. The van der Waals surface area contributed by atoms with Crippen LogP contribution in [-0.2, 0) is 4.74 Å². The molecule has 2 atom stereocenters. The van der Waals surface area contributed by atoms with Crippen LogP contribution in [0.5, 0.6) is 11.5 Å². The van der Waals surface area contributed by atoms with E-state index in [9.17, 15) is 5.11 Å². The van der Waals surface area contributed by atoms with Crippen molar-refractivity contribution in [2.24, 2.45) is 0 Å². The van der Waals surface area contributed by atoms with Crippen molar-refractivity contribution in [1.82, 2.24) is 5.32 Å². The molecule has 1 aromatic rings. The van der Waals surface area contributed by atoms with Crippen molar-refractivity contribution in [3.63, 3.8) is 0 Å². The summed E-state index contributed by atoms with van der Waals surface area (Å²) in [5.41, 5.74) is -0.0168. The lowest BCUT2D eigenvalue weighted by Gasteiger charge is -2.23. The van der Waals surface area contributed by atoms with Crippen molar-refractivity contribution in [3.05, 3.63) is 24.3 Å². The maximum Gasteiger partial charge on any atom is 0.123 e. The van der Waals surface area contributed by atoms with E-state index in [1.165, 1.54) is 0 Å². The van der Waals surface area contributed by atoms with Crippen molar-refractivity contribution >= 4 is 0 Å². The van der Waals surface area contributed by atoms with Gasteiger partial charge in [-0.05, 0) is 45.7 Å². The van der Waals surface area contributed by atoms with E-state index in [2.05, 4.69) is 26.1 Å². The van der Waals surface area contributed by atoms with Crippen molar-refractivity contribution in [2.75, 3.05) is 26.4 Å². The molecule has 2 N–H and O–H groups in total. The van der Waals surface area contributed by atoms with Crippen LogP contribution in [0, 0.1) is 0 Å². The highest BCUT2D eigenvalue weighted by Gasteiger charge is 2.16. The van der Waals surface area contributed by atoms with Crippen LogP contribution < -0.4 is 14.8 Å². The van der Waals surface area contributed by atoms with Gasteiger partial charge in [0.2, 0.25) is 0 Å². The molecule has 0 unspecified atom stereocenters. The van der Waals surface area contributed by atoms with Crippen molar-refractivity contribution in [2.45, 2.75) is 51.4 Å². The first kappa shape index (κ1) is 18.0. The molecule has 5 nitrogen and oxygen atoms in total. The van der Waals surface area contributed by atoms with Crippen LogP contribution in [-0.4, -0.2) is 49.2 Å². The Bertz CT molecular complexity index is 466. The smallest absolute Gasteiger partial charge is 0.123 e. The summed E-state index contributed by atoms with van der Waals surface area (Å²) in [7, 11) is 0. The number of benzene rings is 1. The summed E-state index contributed by atoms with van der Waals surface area (Å²) in [6.45, 7) is 8.34. The second-order valence-electron chi connectivity index (χ2n) is 7.02. The number of aliphatic hydroxyl groups excluding tert-OH is 1. The van der Waals surface area contributed by atoms with Gasteiger partial charge in [0.1, 0.15) is 30.8 Å². The molecule has 0 radical (unpaired) electrons. The Balaban J connectivity index is 1.73. The van der Waals surface area contributed by atoms with Gasteiger partial charge < -0.3 is 24.6 Å². The topological polar surface area (TPSA) is 60.0 Å². The number of hydrogen-bond donors (Lipinski definition) is 2. The Labute approximate surface area is 138 Å². The lowest BCUT2D eigenvalue weighted by Crippen LogP contribution is -2.42. The summed E-state index contributed by atoms with van der Waals surface area (Å²) in [6, 6.07) is 7.50. The van der Waals surface area contributed by atoms with Crippen LogP contribution in [0.15, 0.2) is 24.3 Å². The zero-order valence-corrected chi connectivity index (χ0v) is 14.4. The molecule has 0 aromatic heterocycles. The zero-order valence-electron chi connectivity index (χ0n) is 14.4. The Kier molecular flexibility index (Phi) is 6.69. The highest BCUT2D eigenvalue weighted by molar-refractivity contribution is 5.33. The highest BCUT2D eigenvalue weighted by atomic mass is 16.5. The Morgan fingerprint density at radius 2 is 2.04 bits per heavy atom. The Hall–Kier alpha value is -1.30. The molecule has 0 amide bonds. The molecule has 1 saturated heterocycles. The van der Waals surface area contributed by atoms with E-state index in [4.69, 9.17) is 14.2 Å². The summed E-state index contributed by atoms with van der Waals surface area (Å²) < 4.78 is 16.9. The van der Waals surface area contributed by atoms with Crippen LogP contribution >= 0.6 is 0 Å². The fraction of sp³-hybridized carbons (Fsp3) is 0.667. The van der Waals surface area contributed by atoms with Gasteiger partial charge in [-0.3, -0.25) is 0 Å². The van der Waals surface area contributed by atoms with Gasteiger partial charge in [-0.2, -0.15) is 0 Å². The fourth-order valence-electron chi connectivity index (χ4n) is 2.29. The predicted octanol–water partition coefficient (Wildman–Crippen LogP) is 2.37. The van der Waals surface area contributed by atoms with Gasteiger partial charge in [0.05, 0.1) is 6.10 Å². The quantitative estimate of drug-likeness (QED) is 0.769. The average molecular weight is 323 g/mol. The number of hydrogen-bond acceptors (Lipinski definition) is 5. The average Bonchev–Trinajstić information content (AvgIpc) is 3.02. The molecule has 0 bridgehead atoms. The highest BCUT2D eigenvalue weighted by Crippen LogP contribution is 2.21. The first-order chi connectivity index (χ1) is 10.9. The fourth-order valence-corrected chi connectivity index (χ4v) is 2.29. The lowest BCUT2D eigenvalue weighted by molar-refractivity contribution is 0.0676. The van der Waals surface area contributed by atoms with Gasteiger partial charge in [-0.1, -0.05) is 6.07 Å².